The second-order valence-electron chi connectivity index (χ2n) is 15.4. The minimum atomic E-state index is -1.05. The number of piperidine rings is 2. The number of likely N-dealkylation sites (N-methyl/N-ethyl adjacent to an activating group) is 1. The number of carbonyl (C=O) groups is 4. The molecule has 3 aromatic rings. The molecule has 3 amide bonds. The van der Waals surface area contributed by atoms with Gasteiger partial charge in [-0.3, -0.25) is 29.1 Å². The molecule has 0 radical (unpaired) electrons. The van der Waals surface area contributed by atoms with Crippen LogP contribution in [0.2, 0.25) is 0 Å². The number of imide groups is 1. The summed E-state index contributed by atoms with van der Waals surface area (Å²) in [5.41, 5.74) is 4.58. The zero-order valence-corrected chi connectivity index (χ0v) is 31.9. The fourth-order valence-corrected chi connectivity index (χ4v) is 8.97. The molecule has 0 aliphatic carbocycles. The Labute approximate surface area is 322 Å². The number of nitrogens with one attached hydrogen (secondary N) is 2. The molecule has 4 aliphatic rings. The van der Waals surface area contributed by atoms with Crippen LogP contribution in [0.1, 0.15) is 54.4 Å². The Hall–Kier alpha value is -5.08. The van der Waals surface area contributed by atoms with Gasteiger partial charge in [0.1, 0.15) is 18.1 Å². The van der Waals surface area contributed by atoms with Crippen molar-refractivity contribution in [1.29, 1.82) is 0 Å². The van der Waals surface area contributed by atoms with Crippen LogP contribution in [0.15, 0.2) is 48.5 Å². The Morgan fingerprint density at radius 3 is 2.56 bits per heavy atom. The highest BCUT2D eigenvalue weighted by Gasteiger charge is 2.36. The lowest BCUT2D eigenvalue weighted by atomic mass is 9.92. The smallest absolute Gasteiger partial charge is 0.261 e. The first kappa shape index (κ1) is 38.2. The molecule has 0 bridgehead atoms. The van der Waals surface area contributed by atoms with Gasteiger partial charge in [-0.2, -0.15) is 0 Å². The van der Waals surface area contributed by atoms with E-state index in [1.165, 1.54) is 26.3 Å². The van der Waals surface area contributed by atoms with Crippen molar-refractivity contribution in [3.05, 3.63) is 59.7 Å². The van der Waals surface area contributed by atoms with E-state index in [0.29, 0.717) is 47.5 Å². The van der Waals surface area contributed by atoms with Crippen molar-refractivity contribution in [2.75, 3.05) is 81.1 Å². The van der Waals surface area contributed by atoms with Crippen LogP contribution in [0.3, 0.4) is 0 Å². The SMILES string of the molecule is CNC(=O)C(CCC=O)N(C=O)C(=O)c1ccc(N2CCCC(N3CCC(CN4CCN5c6cc(-c7ccccc7O)nnc6NCC5C4)CC3)C2)cc1C. The van der Waals surface area contributed by atoms with Crippen molar-refractivity contribution in [2.24, 2.45) is 5.92 Å². The van der Waals surface area contributed by atoms with Crippen LogP contribution in [0.5, 0.6) is 5.75 Å². The highest BCUT2D eigenvalue weighted by molar-refractivity contribution is 6.04. The van der Waals surface area contributed by atoms with E-state index in [9.17, 15) is 24.3 Å². The summed E-state index contributed by atoms with van der Waals surface area (Å²) in [6, 6.07) is 14.8. The molecule has 5 heterocycles. The molecule has 3 N–H and O–H groups in total. The van der Waals surface area contributed by atoms with Crippen molar-refractivity contribution in [3.63, 3.8) is 0 Å². The molecule has 14 heteroatoms. The molecule has 3 fully saturated rings. The van der Waals surface area contributed by atoms with Gasteiger partial charge in [0, 0.05) is 82.1 Å². The number of aromatic nitrogens is 2. The first-order valence-electron chi connectivity index (χ1n) is 19.7. The maximum atomic E-state index is 13.5. The summed E-state index contributed by atoms with van der Waals surface area (Å²) in [6.07, 6.45) is 5.84. The first-order chi connectivity index (χ1) is 26.8. The van der Waals surface area contributed by atoms with Crippen LogP contribution in [-0.4, -0.2) is 139 Å². The number of aromatic hydroxyl groups is 1. The normalized spacial score (nSPS) is 21.1. The van der Waals surface area contributed by atoms with Gasteiger partial charge in [0.15, 0.2) is 5.82 Å². The van der Waals surface area contributed by atoms with Gasteiger partial charge < -0.3 is 30.3 Å². The molecular weight excluding hydrogens is 699 g/mol. The second-order valence-corrected chi connectivity index (χ2v) is 15.4. The van der Waals surface area contributed by atoms with Crippen LogP contribution in [0.25, 0.3) is 11.3 Å². The number of nitrogens with zero attached hydrogens (tertiary/aromatic N) is 7. The summed E-state index contributed by atoms with van der Waals surface area (Å²) in [6.45, 7) is 10.8. The van der Waals surface area contributed by atoms with E-state index in [1.807, 2.05) is 37.3 Å². The number of likely N-dealkylation sites (tertiary alicyclic amines) is 1. The number of piperazine rings is 1. The van der Waals surface area contributed by atoms with E-state index in [4.69, 9.17) is 0 Å². The average molecular weight is 752 g/mol. The maximum Gasteiger partial charge on any atom is 0.261 e. The van der Waals surface area contributed by atoms with Crippen molar-refractivity contribution < 1.29 is 24.3 Å². The third kappa shape index (κ3) is 8.30. The molecule has 14 nitrogen and oxygen atoms in total. The van der Waals surface area contributed by atoms with E-state index < -0.39 is 17.9 Å². The van der Waals surface area contributed by atoms with Crippen molar-refractivity contribution in [2.45, 2.75) is 63.6 Å². The number of anilines is 3. The number of phenolic OH excluding ortho intramolecular Hbond substituents is 1. The number of rotatable bonds is 12. The van der Waals surface area contributed by atoms with Gasteiger partial charge >= 0.3 is 0 Å². The number of aldehydes is 1. The summed E-state index contributed by atoms with van der Waals surface area (Å²) < 4.78 is 0. The summed E-state index contributed by atoms with van der Waals surface area (Å²) >= 11 is 0. The minimum Gasteiger partial charge on any atom is -0.507 e. The molecule has 0 saturated carbocycles. The number of fused-ring (bicyclic) bond motifs is 3. The summed E-state index contributed by atoms with van der Waals surface area (Å²) in [5, 5.41) is 25.3. The van der Waals surface area contributed by atoms with E-state index in [1.54, 1.807) is 12.1 Å². The van der Waals surface area contributed by atoms with Gasteiger partial charge in [0.2, 0.25) is 12.3 Å². The Morgan fingerprint density at radius 1 is 1.00 bits per heavy atom. The van der Waals surface area contributed by atoms with Crippen LogP contribution < -0.4 is 20.4 Å². The zero-order chi connectivity index (χ0) is 38.5. The van der Waals surface area contributed by atoms with Gasteiger partial charge in [-0.25, -0.2) is 0 Å². The van der Waals surface area contributed by atoms with Crippen LogP contribution in [0.4, 0.5) is 17.2 Å². The number of hydrogen-bond acceptors (Lipinski definition) is 12. The summed E-state index contributed by atoms with van der Waals surface area (Å²) in [5.74, 6) is 0.655. The highest BCUT2D eigenvalue weighted by Crippen LogP contribution is 2.36. The molecule has 3 atom stereocenters. The van der Waals surface area contributed by atoms with E-state index >= 15 is 0 Å². The van der Waals surface area contributed by atoms with Gasteiger partial charge in [-0.05, 0) is 100.0 Å². The fourth-order valence-electron chi connectivity index (χ4n) is 8.97. The average Bonchev–Trinajstić information content (AvgIpc) is 3.22. The summed E-state index contributed by atoms with van der Waals surface area (Å²) in [4.78, 5) is 60.1. The molecule has 1 aromatic heterocycles. The van der Waals surface area contributed by atoms with Gasteiger partial charge in [-0.15, -0.1) is 10.2 Å². The number of hydrogen-bond donors (Lipinski definition) is 3. The number of aryl methyl sites for hydroxylation is 1. The molecule has 2 aromatic carbocycles. The van der Waals surface area contributed by atoms with Gasteiger partial charge in [0.05, 0.1) is 17.4 Å². The third-order valence-corrected chi connectivity index (χ3v) is 12.0. The van der Waals surface area contributed by atoms with E-state index in [2.05, 4.69) is 46.5 Å². The lowest BCUT2D eigenvalue weighted by molar-refractivity contribution is -0.131. The number of carbonyl (C=O) groups excluding carboxylic acids is 4. The molecule has 3 saturated heterocycles. The lowest BCUT2D eigenvalue weighted by Crippen LogP contribution is -2.58. The van der Waals surface area contributed by atoms with E-state index in [0.717, 1.165) is 93.0 Å². The maximum absolute atomic E-state index is 13.5. The van der Waals surface area contributed by atoms with Crippen LogP contribution in [0, 0.1) is 12.8 Å². The number of benzene rings is 2. The Morgan fingerprint density at radius 2 is 1.82 bits per heavy atom. The standard InChI is InChI=1S/C41H53N9O5/c1-28-21-30(11-12-33(28)41(55)50(27-52)36(9-6-20-51)40(54)42-2)48-15-5-7-31(26-48)47-16-13-29(14-17-47)24-46-18-19-49-32(25-46)23-43-39-37(49)22-35(44-45-39)34-8-3-4-10-38(34)53/h3-4,8,10-12,20-22,27,29,31-32,36,53H,5-7,9,13-19,23-26H2,1-2H3,(H,42,54)(H,43,45). The Bertz CT molecular complexity index is 1870. The largest absolute Gasteiger partial charge is 0.507 e. The third-order valence-electron chi connectivity index (χ3n) is 12.0. The molecule has 3 unspecified atom stereocenters. The molecule has 292 valence electrons. The predicted molar refractivity (Wildman–Crippen MR) is 211 cm³/mol. The fraction of sp³-hybridized carbons (Fsp3) is 0.512. The second kappa shape index (κ2) is 17.2. The van der Waals surface area contributed by atoms with Crippen molar-refractivity contribution in [3.8, 4) is 17.0 Å². The van der Waals surface area contributed by atoms with Crippen molar-refractivity contribution in [1.82, 2.24) is 30.2 Å². The molecule has 55 heavy (non-hydrogen) atoms. The molecule has 4 aliphatic heterocycles. The summed E-state index contributed by atoms with van der Waals surface area (Å²) in [7, 11) is 1.45. The quantitative estimate of drug-likeness (QED) is 0.233. The Kier molecular flexibility index (Phi) is 11.9. The Balaban J connectivity index is 0.910. The van der Waals surface area contributed by atoms with Crippen molar-refractivity contribution >= 4 is 41.7 Å². The van der Waals surface area contributed by atoms with Crippen LogP contribution in [-0.2, 0) is 14.4 Å². The number of para-hydroxylation sites is 1. The van der Waals surface area contributed by atoms with Crippen LogP contribution >= 0.6 is 0 Å². The monoisotopic (exact) mass is 751 g/mol. The molecule has 7 rings (SSSR count). The van der Waals surface area contributed by atoms with Gasteiger partial charge in [0.25, 0.3) is 5.91 Å². The zero-order valence-electron chi connectivity index (χ0n) is 31.9. The highest BCUT2D eigenvalue weighted by atomic mass is 16.3. The first-order valence-corrected chi connectivity index (χ1v) is 19.7. The van der Waals surface area contributed by atoms with Gasteiger partial charge in [-0.1, -0.05) is 12.1 Å². The predicted octanol–water partition coefficient (Wildman–Crippen LogP) is 3.15. The number of amides is 3. The topological polar surface area (TPSA) is 155 Å². The van der Waals surface area contributed by atoms with E-state index in [-0.39, 0.29) is 18.6 Å². The lowest BCUT2D eigenvalue weighted by Gasteiger charge is -2.47. The minimum absolute atomic E-state index is 0.0641. The molecule has 0 spiro atoms. The number of phenols is 1. The molecular formula is C41H53N9O5.